The molecule has 2 heterocycles. The zero-order valence-electron chi connectivity index (χ0n) is 10.3. The van der Waals surface area contributed by atoms with Crippen LogP contribution in [-0.2, 0) is 4.74 Å². The van der Waals surface area contributed by atoms with Crippen LogP contribution in [0.1, 0.15) is 30.9 Å². The summed E-state index contributed by atoms with van der Waals surface area (Å²) in [7, 11) is 0. The molecule has 96 valence electrons. The van der Waals surface area contributed by atoms with Crippen LogP contribution in [0.15, 0.2) is 29.6 Å². The predicted octanol–water partition coefficient (Wildman–Crippen LogP) is 2.97. The molecule has 3 N–H and O–H groups in total. The molecule has 18 heavy (non-hydrogen) atoms. The predicted molar refractivity (Wildman–Crippen MR) is 75.5 cm³/mol. The SMILES string of the molecule is NNC(c1cccc2ccsc12)C1CCCCO1. The van der Waals surface area contributed by atoms with E-state index in [1.807, 2.05) is 0 Å². The highest BCUT2D eigenvalue weighted by Gasteiger charge is 2.26. The van der Waals surface area contributed by atoms with Gasteiger partial charge < -0.3 is 4.74 Å². The number of hydrazine groups is 1. The van der Waals surface area contributed by atoms with E-state index in [0.717, 1.165) is 19.4 Å². The molecular weight excluding hydrogens is 244 g/mol. The average molecular weight is 262 g/mol. The van der Waals surface area contributed by atoms with Crippen LogP contribution >= 0.6 is 11.3 Å². The normalized spacial score (nSPS) is 22.2. The number of ether oxygens (including phenoxy) is 1. The van der Waals surface area contributed by atoms with Crippen molar-refractivity contribution >= 4 is 21.4 Å². The second kappa shape index (κ2) is 5.36. The maximum Gasteiger partial charge on any atom is 0.0783 e. The Labute approximate surface area is 111 Å². The summed E-state index contributed by atoms with van der Waals surface area (Å²) in [5, 5.41) is 3.41. The van der Waals surface area contributed by atoms with Crippen LogP contribution in [0.5, 0.6) is 0 Å². The Bertz CT molecular complexity index is 519. The third-order valence-corrected chi connectivity index (χ3v) is 4.59. The number of nitrogens with two attached hydrogens (primary N) is 1. The third-order valence-electron chi connectivity index (χ3n) is 3.61. The van der Waals surface area contributed by atoms with Gasteiger partial charge >= 0.3 is 0 Å². The van der Waals surface area contributed by atoms with Crippen LogP contribution in [0.3, 0.4) is 0 Å². The summed E-state index contributed by atoms with van der Waals surface area (Å²) in [5.41, 5.74) is 4.21. The Kier molecular flexibility index (Phi) is 3.61. The fraction of sp³-hybridized carbons (Fsp3) is 0.429. The zero-order valence-corrected chi connectivity index (χ0v) is 11.1. The second-order valence-electron chi connectivity index (χ2n) is 4.74. The summed E-state index contributed by atoms with van der Waals surface area (Å²) < 4.78 is 7.19. The molecule has 0 bridgehead atoms. The maximum absolute atomic E-state index is 5.87. The number of hydrogen-bond acceptors (Lipinski definition) is 4. The molecule has 0 aliphatic carbocycles. The van der Waals surface area contributed by atoms with Crippen molar-refractivity contribution in [2.45, 2.75) is 31.4 Å². The van der Waals surface area contributed by atoms with Gasteiger partial charge in [-0.15, -0.1) is 11.3 Å². The number of rotatable bonds is 3. The first kappa shape index (κ1) is 12.1. The minimum Gasteiger partial charge on any atom is -0.376 e. The molecule has 2 unspecified atom stereocenters. The van der Waals surface area contributed by atoms with E-state index in [1.54, 1.807) is 11.3 Å². The van der Waals surface area contributed by atoms with Gasteiger partial charge in [0.05, 0.1) is 12.1 Å². The number of nitrogens with one attached hydrogen (secondary N) is 1. The Morgan fingerprint density at radius 1 is 1.33 bits per heavy atom. The molecule has 0 saturated carbocycles. The number of thiophene rings is 1. The van der Waals surface area contributed by atoms with Gasteiger partial charge in [0.25, 0.3) is 0 Å². The van der Waals surface area contributed by atoms with Gasteiger partial charge in [0.2, 0.25) is 0 Å². The summed E-state index contributed by atoms with van der Waals surface area (Å²) in [6.45, 7) is 0.850. The molecule has 2 atom stereocenters. The summed E-state index contributed by atoms with van der Waals surface area (Å²) >= 11 is 1.77. The molecule has 1 aliphatic rings. The van der Waals surface area contributed by atoms with Gasteiger partial charge in [-0.1, -0.05) is 18.2 Å². The van der Waals surface area contributed by atoms with Gasteiger partial charge in [0, 0.05) is 11.3 Å². The van der Waals surface area contributed by atoms with Crippen molar-refractivity contribution in [3.05, 3.63) is 35.2 Å². The number of benzene rings is 1. The van der Waals surface area contributed by atoms with E-state index < -0.39 is 0 Å². The lowest BCUT2D eigenvalue weighted by molar-refractivity contribution is -0.00788. The molecule has 0 radical (unpaired) electrons. The van der Waals surface area contributed by atoms with E-state index in [4.69, 9.17) is 10.6 Å². The molecule has 2 aromatic rings. The minimum atomic E-state index is 0.0904. The van der Waals surface area contributed by atoms with Crippen molar-refractivity contribution in [3.8, 4) is 0 Å². The molecule has 1 aromatic heterocycles. The van der Waals surface area contributed by atoms with Crippen LogP contribution in [0.25, 0.3) is 10.1 Å². The second-order valence-corrected chi connectivity index (χ2v) is 5.65. The van der Waals surface area contributed by atoms with E-state index in [2.05, 4.69) is 35.1 Å². The van der Waals surface area contributed by atoms with Crippen molar-refractivity contribution in [2.75, 3.05) is 6.61 Å². The lowest BCUT2D eigenvalue weighted by Crippen LogP contribution is -2.39. The summed E-state index contributed by atoms with van der Waals surface area (Å²) in [6, 6.07) is 8.63. The number of hydrogen-bond donors (Lipinski definition) is 2. The van der Waals surface area contributed by atoms with Gasteiger partial charge in [-0.25, -0.2) is 0 Å². The Balaban J connectivity index is 1.97. The van der Waals surface area contributed by atoms with Crippen LogP contribution in [-0.4, -0.2) is 12.7 Å². The van der Waals surface area contributed by atoms with E-state index in [-0.39, 0.29) is 12.1 Å². The fourth-order valence-electron chi connectivity index (χ4n) is 2.69. The average Bonchev–Trinajstić information content (AvgIpc) is 2.90. The Morgan fingerprint density at radius 2 is 2.28 bits per heavy atom. The molecule has 3 rings (SSSR count). The van der Waals surface area contributed by atoms with E-state index >= 15 is 0 Å². The topological polar surface area (TPSA) is 47.3 Å². The van der Waals surface area contributed by atoms with Crippen molar-refractivity contribution < 1.29 is 4.74 Å². The van der Waals surface area contributed by atoms with E-state index in [1.165, 1.54) is 22.1 Å². The molecule has 3 nitrogen and oxygen atoms in total. The van der Waals surface area contributed by atoms with Crippen LogP contribution in [0.2, 0.25) is 0 Å². The van der Waals surface area contributed by atoms with Crippen molar-refractivity contribution in [2.24, 2.45) is 5.84 Å². The molecule has 1 saturated heterocycles. The standard InChI is InChI=1S/C14H18N2OS/c15-16-13(12-6-1-2-8-17-12)11-5-3-4-10-7-9-18-14(10)11/h3-5,7,9,12-13,16H,1-2,6,8,15H2. The van der Waals surface area contributed by atoms with Crippen LogP contribution in [0, 0.1) is 0 Å². The molecular formula is C14H18N2OS. The van der Waals surface area contributed by atoms with Crippen molar-refractivity contribution in [3.63, 3.8) is 0 Å². The minimum absolute atomic E-state index is 0.0904. The summed E-state index contributed by atoms with van der Waals surface area (Å²) in [5.74, 6) is 5.77. The molecule has 1 fully saturated rings. The first-order valence-corrected chi connectivity index (χ1v) is 7.32. The van der Waals surface area contributed by atoms with Crippen LogP contribution < -0.4 is 11.3 Å². The molecule has 0 spiro atoms. The van der Waals surface area contributed by atoms with Gasteiger partial charge in [0.15, 0.2) is 0 Å². The van der Waals surface area contributed by atoms with E-state index in [0.29, 0.717) is 0 Å². The highest BCUT2D eigenvalue weighted by atomic mass is 32.1. The lowest BCUT2D eigenvalue weighted by atomic mass is 9.95. The third kappa shape index (κ3) is 2.17. The zero-order chi connectivity index (χ0) is 12.4. The maximum atomic E-state index is 5.87. The Morgan fingerprint density at radius 3 is 3.06 bits per heavy atom. The van der Waals surface area contributed by atoms with Crippen molar-refractivity contribution in [1.82, 2.24) is 5.43 Å². The van der Waals surface area contributed by atoms with Gasteiger partial charge in [0.1, 0.15) is 0 Å². The molecule has 4 heteroatoms. The summed E-state index contributed by atoms with van der Waals surface area (Å²) in [4.78, 5) is 0. The quantitative estimate of drug-likeness (QED) is 0.660. The smallest absolute Gasteiger partial charge is 0.0783 e. The van der Waals surface area contributed by atoms with Crippen LogP contribution in [0.4, 0.5) is 0 Å². The van der Waals surface area contributed by atoms with Gasteiger partial charge in [-0.05, 0) is 41.7 Å². The monoisotopic (exact) mass is 262 g/mol. The van der Waals surface area contributed by atoms with Gasteiger partial charge in [-0.2, -0.15) is 0 Å². The molecule has 0 amide bonds. The van der Waals surface area contributed by atoms with E-state index in [9.17, 15) is 0 Å². The Hall–Kier alpha value is -0.940. The fourth-order valence-corrected chi connectivity index (χ4v) is 3.64. The van der Waals surface area contributed by atoms with Crippen molar-refractivity contribution in [1.29, 1.82) is 0 Å². The highest BCUT2D eigenvalue weighted by molar-refractivity contribution is 7.17. The van der Waals surface area contributed by atoms with Gasteiger partial charge in [-0.3, -0.25) is 11.3 Å². The first-order chi connectivity index (χ1) is 8.90. The lowest BCUT2D eigenvalue weighted by Gasteiger charge is -2.30. The number of fused-ring (bicyclic) bond motifs is 1. The molecule has 1 aromatic carbocycles. The first-order valence-electron chi connectivity index (χ1n) is 6.44. The molecule has 1 aliphatic heterocycles. The largest absolute Gasteiger partial charge is 0.376 e. The summed E-state index contributed by atoms with van der Waals surface area (Å²) in [6.07, 6.45) is 3.66. The highest BCUT2D eigenvalue weighted by Crippen LogP contribution is 2.33.